The fraction of sp³-hybridized carbons (Fsp3) is 0.667. The zero-order chi connectivity index (χ0) is 15.1. The number of hydrogen-bond donors (Lipinski definition) is 2. The second kappa shape index (κ2) is 5.29. The van der Waals surface area contributed by atoms with Gasteiger partial charge >= 0.3 is 0 Å². The Labute approximate surface area is 127 Å². The molecule has 3 N–H and O–H groups in total. The van der Waals surface area contributed by atoms with Crippen LogP contribution in [-0.2, 0) is 12.0 Å². The maximum atomic E-state index is 11.6. The number of nitrogens with two attached hydrogens (primary N) is 1. The van der Waals surface area contributed by atoms with Crippen LogP contribution in [0.4, 0.5) is 0 Å². The van der Waals surface area contributed by atoms with Gasteiger partial charge in [-0.25, -0.2) is 0 Å². The number of aliphatic hydroxyl groups is 1. The van der Waals surface area contributed by atoms with E-state index in [2.05, 4.69) is 13.0 Å². The third kappa shape index (κ3) is 2.18. The molecular formula is C18H27NO2. The van der Waals surface area contributed by atoms with Crippen LogP contribution in [0.1, 0.15) is 50.2 Å². The van der Waals surface area contributed by atoms with E-state index < -0.39 is 5.60 Å². The molecule has 0 aromatic heterocycles. The standard InChI is InChI=1S/C18H27NO2/c1-13-4-3-8-17(11-13,12-19)18(20)9-7-14-5-6-15(21-2)10-16(14)18/h5-6,10,13,20H,3-4,7-9,11-12,19H2,1-2H3. The first-order chi connectivity index (χ1) is 10.0. The lowest BCUT2D eigenvalue weighted by Crippen LogP contribution is -2.51. The molecule has 0 spiro atoms. The van der Waals surface area contributed by atoms with Crippen molar-refractivity contribution in [1.29, 1.82) is 0 Å². The van der Waals surface area contributed by atoms with Gasteiger partial charge in [-0.3, -0.25) is 0 Å². The number of benzene rings is 1. The summed E-state index contributed by atoms with van der Waals surface area (Å²) in [6.07, 6.45) is 6.20. The summed E-state index contributed by atoms with van der Waals surface area (Å²) < 4.78 is 5.37. The lowest BCUT2D eigenvalue weighted by atomic mass is 9.59. The Morgan fingerprint density at radius 2 is 2.19 bits per heavy atom. The maximum absolute atomic E-state index is 11.6. The molecule has 1 aromatic carbocycles. The van der Waals surface area contributed by atoms with Gasteiger partial charge in [0.05, 0.1) is 12.7 Å². The van der Waals surface area contributed by atoms with Gasteiger partial charge in [0.25, 0.3) is 0 Å². The molecule has 2 aliphatic carbocycles. The van der Waals surface area contributed by atoms with Crippen LogP contribution >= 0.6 is 0 Å². The van der Waals surface area contributed by atoms with Crippen molar-refractivity contribution in [1.82, 2.24) is 0 Å². The number of aryl methyl sites for hydroxylation is 1. The molecule has 0 bridgehead atoms. The molecule has 0 saturated heterocycles. The summed E-state index contributed by atoms with van der Waals surface area (Å²) in [7, 11) is 1.68. The third-order valence-corrected chi connectivity index (χ3v) is 5.88. The van der Waals surface area contributed by atoms with E-state index in [1.807, 2.05) is 12.1 Å². The van der Waals surface area contributed by atoms with Gasteiger partial charge in [0.2, 0.25) is 0 Å². The molecule has 3 nitrogen and oxygen atoms in total. The Bertz CT molecular complexity index is 530. The van der Waals surface area contributed by atoms with Gasteiger partial charge in [0.15, 0.2) is 0 Å². The highest BCUT2D eigenvalue weighted by Crippen LogP contribution is 2.56. The van der Waals surface area contributed by atoms with Crippen LogP contribution < -0.4 is 10.5 Å². The highest BCUT2D eigenvalue weighted by molar-refractivity contribution is 5.44. The SMILES string of the molecule is COc1ccc2c(c1)C(O)(C1(CN)CCCC(C)C1)CC2. The number of hydrogen-bond acceptors (Lipinski definition) is 3. The quantitative estimate of drug-likeness (QED) is 0.899. The van der Waals surface area contributed by atoms with Crippen molar-refractivity contribution in [3.63, 3.8) is 0 Å². The average Bonchev–Trinajstić information content (AvgIpc) is 2.85. The van der Waals surface area contributed by atoms with Crippen LogP contribution in [0.25, 0.3) is 0 Å². The largest absolute Gasteiger partial charge is 0.497 e. The lowest BCUT2D eigenvalue weighted by molar-refractivity contribution is -0.113. The van der Waals surface area contributed by atoms with Crippen molar-refractivity contribution in [2.45, 2.75) is 51.0 Å². The van der Waals surface area contributed by atoms with Crippen molar-refractivity contribution >= 4 is 0 Å². The Kier molecular flexibility index (Phi) is 3.74. The van der Waals surface area contributed by atoms with E-state index in [0.29, 0.717) is 12.5 Å². The molecule has 2 aliphatic rings. The summed E-state index contributed by atoms with van der Waals surface area (Å²) >= 11 is 0. The molecule has 3 rings (SSSR count). The van der Waals surface area contributed by atoms with Gasteiger partial charge in [-0.1, -0.05) is 25.8 Å². The topological polar surface area (TPSA) is 55.5 Å². The van der Waals surface area contributed by atoms with Gasteiger partial charge in [0.1, 0.15) is 5.75 Å². The van der Waals surface area contributed by atoms with Crippen LogP contribution in [0.2, 0.25) is 0 Å². The average molecular weight is 289 g/mol. The molecule has 3 unspecified atom stereocenters. The molecule has 1 fully saturated rings. The number of methoxy groups -OCH3 is 1. The minimum atomic E-state index is -0.791. The molecule has 0 heterocycles. The fourth-order valence-corrected chi connectivity index (χ4v) is 4.68. The molecule has 116 valence electrons. The van der Waals surface area contributed by atoms with Gasteiger partial charge in [0, 0.05) is 12.0 Å². The summed E-state index contributed by atoms with van der Waals surface area (Å²) in [5.41, 5.74) is 7.54. The van der Waals surface area contributed by atoms with Gasteiger partial charge < -0.3 is 15.6 Å². The first kappa shape index (κ1) is 14.9. The summed E-state index contributed by atoms with van der Waals surface area (Å²) in [6, 6.07) is 6.12. The van der Waals surface area contributed by atoms with E-state index in [-0.39, 0.29) is 5.41 Å². The summed E-state index contributed by atoms with van der Waals surface area (Å²) in [5, 5.41) is 11.6. The minimum absolute atomic E-state index is 0.178. The Balaban J connectivity index is 2.05. The first-order valence-electron chi connectivity index (χ1n) is 8.14. The normalized spacial score (nSPS) is 35.5. The number of fused-ring (bicyclic) bond motifs is 1. The van der Waals surface area contributed by atoms with Crippen molar-refractivity contribution in [3.8, 4) is 5.75 Å². The van der Waals surface area contributed by atoms with Gasteiger partial charge in [-0.05, 0) is 54.9 Å². The predicted molar refractivity (Wildman–Crippen MR) is 84.3 cm³/mol. The minimum Gasteiger partial charge on any atom is -0.497 e. The van der Waals surface area contributed by atoms with E-state index >= 15 is 0 Å². The van der Waals surface area contributed by atoms with Crippen LogP contribution in [0, 0.1) is 11.3 Å². The molecule has 1 aromatic rings. The molecular weight excluding hydrogens is 262 g/mol. The monoisotopic (exact) mass is 289 g/mol. The molecule has 3 atom stereocenters. The first-order valence-corrected chi connectivity index (χ1v) is 8.14. The van der Waals surface area contributed by atoms with Crippen LogP contribution in [0.5, 0.6) is 5.75 Å². The lowest BCUT2D eigenvalue weighted by Gasteiger charge is -2.49. The highest BCUT2D eigenvalue weighted by Gasteiger charge is 2.54. The Hall–Kier alpha value is -1.06. The third-order valence-electron chi connectivity index (χ3n) is 5.88. The molecule has 3 heteroatoms. The fourth-order valence-electron chi connectivity index (χ4n) is 4.68. The van der Waals surface area contributed by atoms with E-state index in [4.69, 9.17) is 10.5 Å². The zero-order valence-electron chi connectivity index (χ0n) is 13.2. The van der Waals surface area contributed by atoms with Crippen LogP contribution in [0.3, 0.4) is 0 Å². The Morgan fingerprint density at radius 1 is 1.38 bits per heavy atom. The van der Waals surface area contributed by atoms with Crippen LogP contribution in [-0.4, -0.2) is 18.8 Å². The van der Waals surface area contributed by atoms with Gasteiger partial charge in [-0.2, -0.15) is 0 Å². The van der Waals surface area contributed by atoms with Crippen molar-refractivity contribution < 1.29 is 9.84 Å². The molecule has 0 radical (unpaired) electrons. The van der Waals surface area contributed by atoms with E-state index in [1.54, 1.807) is 7.11 Å². The molecule has 0 amide bonds. The van der Waals surface area contributed by atoms with Gasteiger partial charge in [-0.15, -0.1) is 0 Å². The highest BCUT2D eigenvalue weighted by atomic mass is 16.5. The van der Waals surface area contributed by atoms with Crippen molar-refractivity contribution in [2.75, 3.05) is 13.7 Å². The van der Waals surface area contributed by atoms with E-state index in [0.717, 1.165) is 37.0 Å². The number of ether oxygens (including phenoxy) is 1. The molecule has 0 aliphatic heterocycles. The smallest absolute Gasteiger partial charge is 0.119 e. The van der Waals surface area contributed by atoms with Crippen LogP contribution in [0.15, 0.2) is 18.2 Å². The summed E-state index contributed by atoms with van der Waals surface area (Å²) in [6.45, 7) is 2.85. The summed E-state index contributed by atoms with van der Waals surface area (Å²) in [4.78, 5) is 0. The predicted octanol–water partition coefficient (Wildman–Crippen LogP) is 2.98. The number of rotatable bonds is 3. The second-order valence-electron chi connectivity index (χ2n) is 7.07. The second-order valence-corrected chi connectivity index (χ2v) is 7.07. The van der Waals surface area contributed by atoms with Crippen molar-refractivity contribution in [2.24, 2.45) is 17.1 Å². The molecule has 21 heavy (non-hydrogen) atoms. The maximum Gasteiger partial charge on any atom is 0.119 e. The Morgan fingerprint density at radius 3 is 2.86 bits per heavy atom. The van der Waals surface area contributed by atoms with Crippen molar-refractivity contribution in [3.05, 3.63) is 29.3 Å². The summed E-state index contributed by atoms with van der Waals surface area (Å²) in [5.74, 6) is 1.46. The van der Waals surface area contributed by atoms with E-state index in [1.165, 1.54) is 18.4 Å². The van der Waals surface area contributed by atoms with E-state index in [9.17, 15) is 5.11 Å². The molecule has 1 saturated carbocycles. The zero-order valence-corrected chi connectivity index (χ0v) is 13.2.